The van der Waals surface area contributed by atoms with Crippen molar-refractivity contribution in [2.24, 2.45) is 5.73 Å². The molecule has 4 rings (SSSR count). The summed E-state index contributed by atoms with van der Waals surface area (Å²) in [6.07, 6.45) is 2.51. The lowest BCUT2D eigenvalue weighted by Gasteiger charge is -2.32. The van der Waals surface area contributed by atoms with Gasteiger partial charge in [0.15, 0.2) is 5.65 Å². The van der Waals surface area contributed by atoms with E-state index in [-0.39, 0.29) is 41.2 Å². The van der Waals surface area contributed by atoms with Gasteiger partial charge >= 0.3 is 5.69 Å². The van der Waals surface area contributed by atoms with Crippen molar-refractivity contribution in [2.45, 2.75) is 32.4 Å². The van der Waals surface area contributed by atoms with Gasteiger partial charge in [0.1, 0.15) is 10.8 Å². The second-order valence-electron chi connectivity index (χ2n) is 8.12. The lowest BCUT2D eigenvalue weighted by Crippen LogP contribution is -2.41. The van der Waals surface area contributed by atoms with Crippen LogP contribution in [0.3, 0.4) is 0 Å². The third-order valence-corrected chi connectivity index (χ3v) is 6.33. The van der Waals surface area contributed by atoms with Crippen LogP contribution in [0.2, 0.25) is 10.0 Å². The Balaban J connectivity index is 0.00000361. The number of fused-ring (bicyclic) bond motifs is 1. The van der Waals surface area contributed by atoms with Gasteiger partial charge in [0, 0.05) is 17.1 Å². The number of benzene rings is 2. The van der Waals surface area contributed by atoms with Gasteiger partial charge in [-0.15, -0.1) is 12.4 Å². The van der Waals surface area contributed by atoms with E-state index in [4.69, 9.17) is 33.9 Å². The number of carbonyl (C=O) groups is 1. The first-order valence-corrected chi connectivity index (χ1v) is 12.1. The Kier molecular flexibility index (Phi) is 9.50. The van der Waals surface area contributed by atoms with Crippen molar-refractivity contribution < 1.29 is 4.79 Å². The quantitative estimate of drug-likeness (QED) is 0.329. The molecule has 0 unspecified atom stereocenters. The summed E-state index contributed by atoms with van der Waals surface area (Å²) in [6.45, 7) is 3.04. The molecule has 0 saturated carbocycles. The molecule has 11 heteroatoms. The maximum atomic E-state index is 13.7. The molecule has 190 valence electrons. The zero-order valence-corrected chi connectivity index (χ0v) is 22.0. The molecule has 0 radical (unpaired) electrons. The minimum absolute atomic E-state index is 0. The van der Waals surface area contributed by atoms with Crippen molar-refractivity contribution in [3.63, 3.8) is 0 Å². The van der Waals surface area contributed by atoms with Crippen LogP contribution in [0.5, 0.6) is 0 Å². The minimum Gasteiger partial charge on any atom is -0.330 e. The predicted molar refractivity (Wildman–Crippen MR) is 144 cm³/mol. The molecule has 2 N–H and O–H groups in total. The molecule has 2 heterocycles. The highest BCUT2D eigenvalue weighted by atomic mass is 35.5. The molecule has 4 aromatic rings. The monoisotopic (exact) mass is 548 g/mol. The van der Waals surface area contributed by atoms with Gasteiger partial charge in [0.2, 0.25) is 0 Å². The predicted octanol–water partition coefficient (Wildman–Crippen LogP) is 4.61. The average molecular weight is 550 g/mol. The van der Waals surface area contributed by atoms with Crippen LogP contribution in [0, 0.1) is 0 Å². The number of aromatic nitrogens is 4. The van der Waals surface area contributed by atoms with Crippen molar-refractivity contribution in [3.8, 4) is 0 Å². The van der Waals surface area contributed by atoms with Crippen molar-refractivity contribution in [1.29, 1.82) is 0 Å². The largest absolute Gasteiger partial charge is 0.352 e. The Morgan fingerprint density at radius 2 is 1.81 bits per heavy atom. The summed E-state index contributed by atoms with van der Waals surface area (Å²) >= 11 is 12.3. The summed E-state index contributed by atoms with van der Waals surface area (Å²) in [4.78, 5) is 33.7. The summed E-state index contributed by atoms with van der Waals surface area (Å²) in [7, 11) is 0. The first-order valence-electron chi connectivity index (χ1n) is 11.4. The molecule has 0 aliphatic heterocycles. The van der Waals surface area contributed by atoms with E-state index in [1.807, 2.05) is 37.3 Å². The van der Waals surface area contributed by atoms with Crippen molar-refractivity contribution in [3.05, 3.63) is 98.3 Å². The Labute approximate surface area is 225 Å². The van der Waals surface area contributed by atoms with E-state index in [0.29, 0.717) is 42.3 Å². The van der Waals surface area contributed by atoms with E-state index in [1.165, 1.54) is 10.7 Å². The first-order chi connectivity index (χ1) is 16.9. The van der Waals surface area contributed by atoms with E-state index < -0.39 is 6.04 Å². The Hall–Kier alpha value is -2.91. The van der Waals surface area contributed by atoms with Crippen molar-refractivity contribution in [1.82, 2.24) is 24.1 Å². The zero-order valence-electron chi connectivity index (χ0n) is 19.7. The number of halogens is 3. The topological polar surface area (TPSA) is 98.5 Å². The molecule has 0 fully saturated rings. The fraction of sp³-hybridized carbons (Fsp3) is 0.280. The van der Waals surface area contributed by atoms with Gasteiger partial charge in [-0.2, -0.15) is 9.61 Å². The molecule has 0 spiro atoms. The molecule has 0 saturated heterocycles. The molecule has 8 nitrogen and oxygen atoms in total. The van der Waals surface area contributed by atoms with Crippen LogP contribution in [-0.4, -0.2) is 43.1 Å². The molecule has 1 atom stereocenters. The summed E-state index contributed by atoms with van der Waals surface area (Å²) < 4.78 is 2.75. The molecule has 0 aliphatic rings. The van der Waals surface area contributed by atoms with Crippen molar-refractivity contribution >= 4 is 47.2 Å². The van der Waals surface area contributed by atoms with Gasteiger partial charge in [-0.1, -0.05) is 60.5 Å². The number of hydrogen-bond acceptors (Lipinski definition) is 5. The second kappa shape index (κ2) is 12.4. The van der Waals surface area contributed by atoms with E-state index in [1.54, 1.807) is 33.7 Å². The van der Waals surface area contributed by atoms with Crippen molar-refractivity contribution in [2.75, 3.05) is 13.1 Å². The maximum Gasteiger partial charge on any atom is 0.352 e. The minimum atomic E-state index is -0.503. The molecule has 2 aromatic carbocycles. The van der Waals surface area contributed by atoms with Crippen LogP contribution >= 0.6 is 35.6 Å². The standard InChI is InChI=1S/C25H26Cl2N6O2.ClH/c1-2-21(31(14-6-13-28)24(34)18-9-11-19(26)12-10-18)23-30-22-20(27)15-29-33(22)25(35)32(23)16-17-7-4-3-5-8-17;/h3-5,7-12,15,21H,2,6,13-14,16,28H2,1H3;1H/t21-;/m1./s1. The number of hydrogen-bond donors (Lipinski definition) is 1. The van der Waals surface area contributed by atoms with E-state index >= 15 is 0 Å². The Morgan fingerprint density at radius 1 is 1.11 bits per heavy atom. The van der Waals surface area contributed by atoms with Gasteiger partial charge in [0.25, 0.3) is 5.91 Å². The molecule has 0 bridgehead atoms. The smallest absolute Gasteiger partial charge is 0.330 e. The van der Waals surface area contributed by atoms with Gasteiger partial charge in [-0.25, -0.2) is 9.78 Å². The first kappa shape index (κ1) is 27.7. The molecule has 2 aromatic heterocycles. The fourth-order valence-electron chi connectivity index (χ4n) is 4.07. The van der Waals surface area contributed by atoms with E-state index in [0.717, 1.165) is 5.56 Å². The number of nitrogens with zero attached hydrogens (tertiary/aromatic N) is 5. The Bertz CT molecular complexity index is 1370. The molecular weight excluding hydrogens is 523 g/mol. The van der Waals surface area contributed by atoms with Crippen LogP contribution < -0.4 is 11.4 Å². The SMILES string of the molecule is CC[C@H](c1nc2c(Cl)cnn2c(=O)n1Cc1ccccc1)N(CCCN)C(=O)c1ccc(Cl)cc1.Cl. The highest BCUT2D eigenvalue weighted by Crippen LogP contribution is 2.27. The van der Waals surface area contributed by atoms with Gasteiger partial charge in [0.05, 0.1) is 18.8 Å². The second-order valence-corrected chi connectivity index (χ2v) is 8.97. The summed E-state index contributed by atoms with van der Waals surface area (Å²) in [5.41, 5.74) is 7.09. The lowest BCUT2D eigenvalue weighted by molar-refractivity contribution is 0.0655. The van der Waals surface area contributed by atoms with E-state index in [2.05, 4.69) is 5.10 Å². The fourth-order valence-corrected chi connectivity index (χ4v) is 4.37. The van der Waals surface area contributed by atoms with Crippen LogP contribution in [-0.2, 0) is 6.54 Å². The number of rotatable bonds is 9. The Morgan fingerprint density at radius 3 is 2.44 bits per heavy atom. The molecule has 0 aliphatic carbocycles. The number of nitrogens with two attached hydrogens (primary N) is 1. The summed E-state index contributed by atoms with van der Waals surface area (Å²) in [5.74, 6) is 0.248. The van der Waals surface area contributed by atoms with Crippen LogP contribution in [0.15, 0.2) is 65.6 Å². The molecular formula is C25H27Cl3N6O2. The highest BCUT2D eigenvalue weighted by molar-refractivity contribution is 6.33. The maximum absolute atomic E-state index is 13.7. The molecule has 36 heavy (non-hydrogen) atoms. The van der Waals surface area contributed by atoms with Gasteiger partial charge in [-0.3, -0.25) is 9.36 Å². The third kappa shape index (κ3) is 5.73. The van der Waals surface area contributed by atoms with Crippen LogP contribution in [0.4, 0.5) is 0 Å². The van der Waals surface area contributed by atoms with Gasteiger partial charge < -0.3 is 10.6 Å². The number of carbonyl (C=O) groups excluding carboxylic acids is 1. The normalized spacial score (nSPS) is 11.8. The van der Waals surface area contributed by atoms with Gasteiger partial charge in [-0.05, 0) is 49.2 Å². The highest BCUT2D eigenvalue weighted by Gasteiger charge is 2.29. The lowest BCUT2D eigenvalue weighted by atomic mass is 10.1. The van der Waals surface area contributed by atoms with Crippen LogP contribution in [0.1, 0.15) is 47.6 Å². The zero-order chi connectivity index (χ0) is 24.9. The molecule has 1 amide bonds. The average Bonchev–Trinajstić information content (AvgIpc) is 3.25. The van der Waals surface area contributed by atoms with Crippen LogP contribution in [0.25, 0.3) is 5.65 Å². The third-order valence-electron chi connectivity index (χ3n) is 5.81. The summed E-state index contributed by atoms with van der Waals surface area (Å²) in [6, 6.07) is 15.8. The summed E-state index contributed by atoms with van der Waals surface area (Å²) in [5, 5.41) is 4.92. The number of amides is 1. The van der Waals surface area contributed by atoms with E-state index in [9.17, 15) is 9.59 Å².